The summed E-state index contributed by atoms with van der Waals surface area (Å²) < 4.78 is 5.54. The Balaban J connectivity index is 2.16. The van der Waals surface area contributed by atoms with Crippen molar-refractivity contribution in [1.29, 1.82) is 0 Å². The summed E-state index contributed by atoms with van der Waals surface area (Å²) in [6, 6.07) is 1.27. The van der Waals surface area contributed by atoms with Gasteiger partial charge in [0.05, 0.1) is 6.10 Å². The number of ether oxygens (including phenoxy) is 1. The first kappa shape index (κ1) is 12.9. The lowest BCUT2D eigenvalue weighted by molar-refractivity contribution is 0.0113. The summed E-state index contributed by atoms with van der Waals surface area (Å²) in [4.78, 5) is 2.24. The van der Waals surface area contributed by atoms with Gasteiger partial charge in [0.25, 0.3) is 0 Å². The molecule has 0 spiro atoms. The SMILES string of the molecule is CC(CCN(C)C)NC1CCOC(C)C1. The van der Waals surface area contributed by atoms with Gasteiger partial charge in [0, 0.05) is 18.7 Å². The van der Waals surface area contributed by atoms with Crippen molar-refractivity contribution in [2.45, 2.75) is 51.3 Å². The van der Waals surface area contributed by atoms with E-state index < -0.39 is 0 Å². The van der Waals surface area contributed by atoms with Gasteiger partial charge in [-0.05, 0) is 53.8 Å². The van der Waals surface area contributed by atoms with Gasteiger partial charge in [-0.2, -0.15) is 0 Å². The predicted molar refractivity (Wildman–Crippen MR) is 64.2 cm³/mol. The van der Waals surface area contributed by atoms with E-state index in [2.05, 4.69) is 38.2 Å². The van der Waals surface area contributed by atoms with Crippen molar-refractivity contribution < 1.29 is 4.74 Å². The fourth-order valence-electron chi connectivity index (χ4n) is 2.09. The summed E-state index contributed by atoms with van der Waals surface area (Å²) in [6.07, 6.45) is 3.97. The van der Waals surface area contributed by atoms with E-state index in [4.69, 9.17) is 4.74 Å². The Labute approximate surface area is 94.2 Å². The van der Waals surface area contributed by atoms with E-state index >= 15 is 0 Å². The highest BCUT2D eigenvalue weighted by Gasteiger charge is 2.20. The van der Waals surface area contributed by atoms with Crippen LogP contribution in [0.1, 0.15) is 33.1 Å². The predicted octanol–water partition coefficient (Wildman–Crippen LogP) is 1.48. The third-order valence-corrected chi connectivity index (χ3v) is 3.01. The smallest absolute Gasteiger partial charge is 0.0561 e. The molecule has 1 aliphatic rings. The second-order valence-corrected chi connectivity index (χ2v) is 5.06. The van der Waals surface area contributed by atoms with Crippen molar-refractivity contribution in [3.05, 3.63) is 0 Å². The minimum atomic E-state index is 0.428. The summed E-state index contributed by atoms with van der Waals surface area (Å²) in [5.74, 6) is 0. The molecule has 90 valence electrons. The summed E-state index contributed by atoms with van der Waals surface area (Å²) in [5.41, 5.74) is 0. The molecule has 0 radical (unpaired) electrons. The monoisotopic (exact) mass is 214 g/mol. The van der Waals surface area contributed by atoms with Crippen LogP contribution in [0.4, 0.5) is 0 Å². The van der Waals surface area contributed by atoms with Crippen LogP contribution in [0.3, 0.4) is 0 Å². The molecule has 3 nitrogen and oxygen atoms in total. The van der Waals surface area contributed by atoms with Gasteiger partial charge < -0.3 is 15.0 Å². The molecular weight excluding hydrogens is 188 g/mol. The van der Waals surface area contributed by atoms with Gasteiger partial charge in [0.15, 0.2) is 0 Å². The molecular formula is C12H26N2O. The molecule has 3 atom stereocenters. The molecule has 3 unspecified atom stereocenters. The average molecular weight is 214 g/mol. The standard InChI is InChI=1S/C12H26N2O/c1-10(5-7-14(3)4)13-12-6-8-15-11(2)9-12/h10-13H,5-9H2,1-4H3. The van der Waals surface area contributed by atoms with Crippen LogP contribution in [0.25, 0.3) is 0 Å². The van der Waals surface area contributed by atoms with E-state index in [1.165, 1.54) is 6.42 Å². The van der Waals surface area contributed by atoms with Crippen molar-refractivity contribution in [2.75, 3.05) is 27.2 Å². The first-order valence-electron chi connectivity index (χ1n) is 6.10. The van der Waals surface area contributed by atoms with E-state index in [1.54, 1.807) is 0 Å². The van der Waals surface area contributed by atoms with Crippen LogP contribution in [-0.2, 0) is 4.74 Å². The molecule has 0 bridgehead atoms. The summed E-state index contributed by atoms with van der Waals surface area (Å²) in [7, 11) is 4.26. The van der Waals surface area contributed by atoms with Crippen LogP contribution in [0, 0.1) is 0 Å². The molecule has 1 aliphatic heterocycles. The van der Waals surface area contributed by atoms with Gasteiger partial charge in [0.2, 0.25) is 0 Å². The molecule has 0 aliphatic carbocycles. The number of hydrogen-bond donors (Lipinski definition) is 1. The van der Waals surface area contributed by atoms with Crippen molar-refractivity contribution in [1.82, 2.24) is 10.2 Å². The fraction of sp³-hybridized carbons (Fsp3) is 1.00. The quantitative estimate of drug-likeness (QED) is 0.750. The van der Waals surface area contributed by atoms with Crippen LogP contribution in [0.5, 0.6) is 0 Å². The molecule has 1 saturated heterocycles. The average Bonchev–Trinajstić information content (AvgIpc) is 2.15. The van der Waals surface area contributed by atoms with Crippen LogP contribution >= 0.6 is 0 Å². The maximum absolute atomic E-state index is 5.54. The fourth-order valence-corrected chi connectivity index (χ4v) is 2.09. The van der Waals surface area contributed by atoms with Gasteiger partial charge in [-0.15, -0.1) is 0 Å². The number of nitrogens with one attached hydrogen (secondary N) is 1. The summed E-state index contributed by atoms with van der Waals surface area (Å²) in [5, 5.41) is 3.70. The Bertz CT molecular complexity index is 173. The molecule has 3 heteroatoms. The zero-order valence-corrected chi connectivity index (χ0v) is 10.6. The first-order valence-corrected chi connectivity index (χ1v) is 6.10. The van der Waals surface area contributed by atoms with Gasteiger partial charge >= 0.3 is 0 Å². The maximum Gasteiger partial charge on any atom is 0.0561 e. The highest BCUT2D eigenvalue weighted by Crippen LogP contribution is 2.14. The van der Waals surface area contributed by atoms with Gasteiger partial charge in [-0.25, -0.2) is 0 Å². The Kier molecular flexibility index (Phi) is 5.58. The second-order valence-electron chi connectivity index (χ2n) is 5.06. The Morgan fingerprint density at radius 3 is 2.80 bits per heavy atom. The van der Waals surface area contributed by atoms with Crippen molar-refractivity contribution in [3.8, 4) is 0 Å². The topological polar surface area (TPSA) is 24.5 Å². The summed E-state index contributed by atoms with van der Waals surface area (Å²) in [6.45, 7) is 6.52. The lowest BCUT2D eigenvalue weighted by atomic mass is 10.0. The molecule has 1 rings (SSSR count). The first-order chi connectivity index (χ1) is 7.08. The summed E-state index contributed by atoms with van der Waals surface area (Å²) >= 11 is 0. The van der Waals surface area contributed by atoms with E-state index in [0.717, 1.165) is 26.0 Å². The molecule has 1 N–H and O–H groups in total. The molecule has 1 heterocycles. The Morgan fingerprint density at radius 1 is 1.47 bits per heavy atom. The molecule has 0 amide bonds. The number of nitrogens with zero attached hydrogens (tertiary/aromatic N) is 1. The van der Waals surface area contributed by atoms with Crippen molar-refractivity contribution >= 4 is 0 Å². The molecule has 15 heavy (non-hydrogen) atoms. The van der Waals surface area contributed by atoms with Crippen molar-refractivity contribution in [2.24, 2.45) is 0 Å². The molecule has 0 aromatic rings. The molecule has 0 saturated carbocycles. The highest BCUT2D eigenvalue weighted by molar-refractivity contribution is 4.77. The lowest BCUT2D eigenvalue weighted by Gasteiger charge is -2.30. The Morgan fingerprint density at radius 2 is 2.20 bits per heavy atom. The minimum Gasteiger partial charge on any atom is -0.378 e. The van der Waals surface area contributed by atoms with Crippen molar-refractivity contribution in [3.63, 3.8) is 0 Å². The largest absolute Gasteiger partial charge is 0.378 e. The van der Waals surface area contributed by atoms with Crippen LogP contribution < -0.4 is 5.32 Å². The normalized spacial score (nSPS) is 29.4. The van der Waals surface area contributed by atoms with Crippen LogP contribution in [0.15, 0.2) is 0 Å². The van der Waals surface area contributed by atoms with Crippen LogP contribution in [0.2, 0.25) is 0 Å². The lowest BCUT2D eigenvalue weighted by Crippen LogP contribution is -2.43. The third kappa shape index (κ3) is 5.50. The number of hydrogen-bond acceptors (Lipinski definition) is 3. The van der Waals surface area contributed by atoms with Gasteiger partial charge in [-0.1, -0.05) is 0 Å². The maximum atomic E-state index is 5.54. The van der Waals surface area contributed by atoms with Crippen LogP contribution in [-0.4, -0.2) is 50.3 Å². The zero-order chi connectivity index (χ0) is 11.3. The Hall–Kier alpha value is -0.120. The molecule has 0 aromatic heterocycles. The minimum absolute atomic E-state index is 0.428. The van der Waals surface area contributed by atoms with Gasteiger partial charge in [-0.3, -0.25) is 0 Å². The second kappa shape index (κ2) is 6.46. The van der Waals surface area contributed by atoms with E-state index in [0.29, 0.717) is 18.2 Å². The molecule has 1 fully saturated rings. The zero-order valence-electron chi connectivity index (χ0n) is 10.6. The van der Waals surface area contributed by atoms with E-state index in [1.807, 2.05) is 0 Å². The molecule has 0 aromatic carbocycles. The van der Waals surface area contributed by atoms with E-state index in [-0.39, 0.29) is 0 Å². The van der Waals surface area contributed by atoms with Gasteiger partial charge in [0.1, 0.15) is 0 Å². The van der Waals surface area contributed by atoms with E-state index in [9.17, 15) is 0 Å². The number of rotatable bonds is 5. The third-order valence-electron chi connectivity index (χ3n) is 3.01. The highest BCUT2D eigenvalue weighted by atomic mass is 16.5.